The molecule has 0 aromatic heterocycles. The van der Waals surface area contributed by atoms with Gasteiger partial charge in [0.25, 0.3) is 0 Å². The van der Waals surface area contributed by atoms with Crippen molar-refractivity contribution in [2.24, 2.45) is 4.99 Å². The number of hydrogen-bond acceptors (Lipinski definition) is 3. The summed E-state index contributed by atoms with van der Waals surface area (Å²) in [6.07, 6.45) is 10.8. The van der Waals surface area contributed by atoms with Gasteiger partial charge in [-0.05, 0) is 48.4 Å². The molecule has 0 amide bonds. The number of nitrogens with zero attached hydrogens (tertiary/aromatic N) is 2. The summed E-state index contributed by atoms with van der Waals surface area (Å²) < 4.78 is 5.79. The van der Waals surface area contributed by atoms with E-state index in [-0.39, 0.29) is 0 Å². The zero-order valence-corrected chi connectivity index (χ0v) is 15.7. The van der Waals surface area contributed by atoms with Gasteiger partial charge in [0, 0.05) is 6.21 Å². The largest absolute Gasteiger partial charge is 0.494 e. The van der Waals surface area contributed by atoms with Crippen LogP contribution in [0.2, 0.25) is 0 Å². The highest BCUT2D eigenvalue weighted by Gasteiger charge is 1.96. The third kappa shape index (κ3) is 7.53. The lowest BCUT2D eigenvalue weighted by Crippen LogP contribution is -1.96. The summed E-state index contributed by atoms with van der Waals surface area (Å²) >= 11 is 0. The monoisotopic (exact) mass is 348 g/mol. The van der Waals surface area contributed by atoms with Crippen LogP contribution in [0.25, 0.3) is 0 Å². The molecule has 0 radical (unpaired) electrons. The van der Waals surface area contributed by atoms with Crippen LogP contribution in [0, 0.1) is 11.3 Å². The molecule has 0 atom stereocenters. The van der Waals surface area contributed by atoms with Gasteiger partial charge in [-0.1, -0.05) is 57.6 Å². The minimum Gasteiger partial charge on any atom is -0.494 e. The summed E-state index contributed by atoms with van der Waals surface area (Å²) in [5.74, 6) is 0.897. The van der Waals surface area contributed by atoms with Crippen LogP contribution in [-0.4, -0.2) is 12.8 Å². The predicted octanol–water partition coefficient (Wildman–Crippen LogP) is 6.44. The van der Waals surface area contributed by atoms with E-state index in [0.717, 1.165) is 30.0 Å². The minimum atomic E-state index is 0.657. The Hall–Kier alpha value is -2.60. The maximum atomic E-state index is 8.80. The molecule has 0 aliphatic heterocycles. The number of nitriles is 1. The van der Waals surface area contributed by atoms with Crippen molar-refractivity contribution in [1.82, 2.24) is 0 Å². The summed E-state index contributed by atoms with van der Waals surface area (Å²) in [4.78, 5) is 4.45. The van der Waals surface area contributed by atoms with Crippen LogP contribution in [0.4, 0.5) is 5.69 Å². The van der Waals surface area contributed by atoms with Gasteiger partial charge in [-0.3, -0.25) is 4.99 Å². The maximum Gasteiger partial charge on any atom is 0.119 e. The van der Waals surface area contributed by atoms with Crippen LogP contribution in [-0.2, 0) is 0 Å². The summed E-state index contributed by atoms with van der Waals surface area (Å²) in [5, 5.41) is 8.80. The number of benzene rings is 2. The van der Waals surface area contributed by atoms with E-state index < -0.39 is 0 Å². The van der Waals surface area contributed by atoms with Gasteiger partial charge < -0.3 is 4.74 Å². The zero-order valence-electron chi connectivity index (χ0n) is 15.7. The van der Waals surface area contributed by atoms with Crippen LogP contribution >= 0.6 is 0 Å². The number of ether oxygens (including phenoxy) is 1. The van der Waals surface area contributed by atoms with Crippen LogP contribution in [0.15, 0.2) is 53.5 Å². The molecule has 0 heterocycles. The van der Waals surface area contributed by atoms with Gasteiger partial charge in [-0.2, -0.15) is 5.26 Å². The summed E-state index contributed by atoms with van der Waals surface area (Å²) in [6, 6.07) is 17.3. The average Bonchev–Trinajstić information content (AvgIpc) is 2.69. The highest BCUT2D eigenvalue weighted by molar-refractivity contribution is 5.82. The fourth-order valence-electron chi connectivity index (χ4n) is 2.67. The van der Waals surface area contributed by atoms with E-state index in [1.54, 1.807) is 18.3 Å². The molecule has 3 heteroatoms. The van der Waals surface area contributed by atoms with Crippen molar-refractivity contribution in [2.75, 3.05) is 6.61 Å². The lowest BCUT2D eigenvalue weighted by Gasteiger charge is -2.06. The zero-order chi connectivity index (χ0) is 18.5. The minimum absolute atomic E-state index is 0.657. The average molecular weight is 348 g/mol. The first-order valence-corrected chi connectivity index (χ1v) is 9.59. The molecule has 3 nitrogen and oxygen atoms in total. The third-order valence-electron chi connectivity index (χ3n) is 4.26. The number of rotatable bonds is 11. The highest BCUT2D eigenvalue weighted by atomic mass is 16.5. The lowest BCUT2D eigenvalue weighted by atomic mass is 10.1. The van der Waals surface area contributed by atoms with Gasteiger partial charge >= 0.3 is 0 Å². The first-order chi connectivity index (χ1) is 12.8. The molecule has 0 bridgehead atoms. The second-order valence-corrected chi connectivity index (χ2v) is 6.46. The Labute approximate surface area is 157 Å². The lowest BCUT2D eigenvalue weighted by molar-refractivity contribution is 0.304. The smallest absolute Gasteiger partial charge is 0.119 e. The van der Waals surface area contributed by atoms with E-state index >= 15 is 0 Å². The van der Waals surface area contributed by atoms with Gasteiger partial charge in [0.2, 0.25) is 0 Å². The van der Waals surface area contributed by atoms with E-state index in [4.69, 9.17) is 10.00 Å². The quantitative estimate of drug-likeness (QED) is 0.346. The maximum absolute atomic E-state index is 8.80. The van der Waals surface area contributed by atoms with Crippen molar-refractivity contribution in [3.8, 4) is 11.8 Å². The molecule has 2 aromatic carbocycles. The fourth-order valence-corrected chi connectivity index (χ4v) is 2.67. The van der Waals surface area contributed by atoms with Crippen molar-refractivity contribution >= 4 is 11.9 Å². The van der Waals surface area contributed by atoms with E-state index in [0.29, 0.717) is 5.56 Å². The van der Waals surface area contributed by atoms with Crippen LogP contribution in [0.1, 0.15) is 63.0 Å². The Morgan fingerprint density at radius 2 is 1.54 bits per heavy atom. The summed E-state index contributed by atoms with van der Waals surface area (Å²) in [5.41, 5.74) is 2.52. The molecule has 26 heavy (non-hydrogen) atoms. The molecule has 0 fully saturated rings. The van der Waals surface area contributed by atoms with Gasteiger partial charge in [-0.25, -0.2) is 0 Å². The Morgan fingerprint density at radius 1 is 0.885 bits per heavy atom. The molecule has 0 aliphatic rings. The molecule has 0 spiro atoms. The van der Waals surface area contributed by atoms with Gasteiger partial charge in [0.05, 0.1) is 23.9 Å². The standard InChI is InChI=1S/C23H28N2O/c1-2-3-4-5-6-7-8-17-26-23-15-13-22(14-16-23)25-19-21-11-9-20(18-24)10-12-21/h9-16,19H,2-8,17H2,1H3/b25-19+. The molecule has 2 rings (SSSR count). The van der Waals surface area contributed by atoms with Crippen LogP contribution < -0.4 is 4.74 Å². The first kappa shape index (κ1) is 19.7. The van der Waals surface area contributed by atoms with Crippen molar-refractivity contribution < 1.29 is 4.74 Å². The predicted molar refractivity (Wildman–Crippen MR) is 108 cm³/mol. The molecular formula is C23H28N2O. The first-order valence-electron chi connectivity index (χ1n) is 9.59. The van der Waals surface area contributed by atoms with Crippen molar-refractivity contribution in [3.05, 3.63) is 59.7 Å². The molecule has 0 aliphatic carbocycles. The Bertz CT molecular complexity index is 696. The van der Waals surface area contributed by atoms with Gasteiger partial charge in [-0.15, -0.1) is 0 Å². The number of hydrogen-bond donors (Lipinski definition) is 0. The molecule has 2 aromatic rings. The van der Waals surface area contributed by atoms with Crippen LogP contribution in [0.3, 0.4) is 0 Å². The topological polar surface area (TPSA) is 45.4 Å². The van der Waals surface area contributed by atoms with Crippen molar-refractivity contribution in [1.29, 1.82) is 5.26 Å². The van der Waals surface area contributed by atoms with E-state index in [2.05, 4.69) is 18.0 Å². The molecule has 0 N–H and O–H groups in total. The van der Waals surface area contributed by atoms with E-state index in [1.165, 1.54) is 38.5 Å². The molecule has 0 saturated heterocycles. The van der Waals surface area contributed by atoms with E-state index in [9.17, 15) is 0 Å². The second kappa shape index (κ2) is 11.9. The third-order valence-corrected chi connectivity index (χ3v) is 4.26. The van der Waals surface area contributed by atoms with Crippen molar-refractivity contribution in [3.63, 3.8) is 0 Å². The van der Waals surface area contributed by atoms with Crippen molar-refractivity contribution in [2.45, 2.75) is 51.9 Å². The normalized spacial score (nSPS) is 10.8. The highest BCUT2D eigenvalue weighted by Crippen LogP contribution is 2.18. The molecular weight excluding hydrogens is 320 g/mol. The van der Waals surface area contributed by atoms with Gasteiger partial charge in [0.1, 0.15) is 5.75 Å². The fraction of sp³-hybridized carbons (Fsp3) is 0.391. The molecule has 0 saturated carbocycles. The number of aliphatic imine (C=N–C) groups is 1. The summed E-state index contributed by atoms with van der Waals surface area (Å²) in [7, 11) is 0. The number of unbranched alkanes of at least 4 members (excludes halogenated alkanes) is 6. The molecule has 136 valence electrons. The van der Waals surface area contributed by atoms with Crippen LogP contribution in [0.5, 0.6) is 5.75 Å². The second-order valence-electron chi connectivity index (χ2n) is 6.46. The van der Waals surface area contributed by atoms with Gasteiger partial charge in [0.15, 0.2) is 0 Å². The van der Waals surface area contributed by atoms with E-state index in [1.807, 2.05) is 36.4 Å². The Morgan fingerprint density at radius 3 is 2.19 bits per heavy atom. The SMILES string of the molecule is CCCCCCCCCOc1ccc(/N=C/c2ccc(C#N)cc2)cc1. The summed E-state index contributed by atoms with van der Waals surface area (Å²) in [6.45, 7) is 3.03. The Kier molecular flexibility index (Phi) is 9.00. The Balaban J connectivity index is 1.69. The molecule has 0 unspecified atom stereocenters.